The van der Waals surface area contributed by atoms with Gasteiger partial charge in [0.15, 0.2) is 0 Å². The first-order valence-corrected chi connectivity index (χ1v) is 7.30. The van der Waals surface area contributed by atoms with Crippen LogP contribution in [0.5, 0.6) is 0 Å². The van der Waals surface area contributed by atoms with Crippen molar-refractivity contribution >= 4 is 5.97 Å². The van der Waals surface area contributed by atoms with E-state index < -0.39 is 0 Å². The van der Waals surface area contributed by atoms with E-state index in [-0.39, 0.29) is 5.97 Å². The summed E-state index contributed by atoms with van der Waals surface area (Å²) in [6.07, 6.45) is 3.46. The number of methoxy groups -OCH3 is 1. The second-order valence-electron chi connectivity index (χ2n) is 4.99. The zero-order chi connectivity index (χ0) is 15.5. The Labute approximate surface area is 123 Å². The van der Waals surface area contributed by atoms with Crippen molar-refractivity contribution in [3.63, 3.8) is 0 Å². The zero-order valence-electron chi connectivity index (χ0n) is 13.5. The molecule has 20 heavy (non-hydrogen) atoms. The molecular weight excluding hydrogens is 254 g/mol. The number of nitrogens with one attached hydrogen (secondary N) is 1. The lowest BCUT2D eigenvalue weighted by Gasteiger charge is -2.25. The number of hydrogen-bond acceptors (Lipinski definition) is 4. The predicted molar refractivity (Wildman–Crippen MR) is 82.2 cm³/mol. The molecular formula is C16H29NO3. The van der Waals surface area contributed by atoms with Crippen LogP contribution in [0.15, 0.2) is 23.7 Å². The predicted octanol–water partition coefficient (Wildman–Crippen LogP) is 3.40. The summed E-state index contributed by atoms with van der Waals surface area (Å²) in [6, 6.07) is 0. The third-order valence-electron chi connectivity index (χ3n) is 3.06. The maximum atomic E-state index is 11.3. The lowest BCUT2D eigenvalue weighted by molar-refractivity contribution is -0.136. The Morgan fingerprint density at radius 2 is 1.95 bits per heavy atom. The summed E-state index contributed by atoms with van der Waals surface area (Å²) in [5.41, 5.74) is 0.484. The average molecular weight is 283 g/mol. The highest BCUT2D eigenvalue weighted by atomic mass is 16.5. The van der Waals surface area contributed by atoms with E-state index >= 15 is 0 Å². The molecule has 0 amide bonds. The highest BCUT2D eigenvalue weighted by molar-refractivity contribution is 5.88. The first kappa shape index (κ1) is 18.7. The van der Waals surface area contributed by atoms with Gasteiger partial charge in [-0.2, -0.15) is 0 Å². The Bertz CT molecular complexity index is 342. The maximum Gasteiger partial charge on any atom is 0.336 e. The summed E-state index contributed by atoms with van der Waals surface area (Å²) in [7, 11) is 1.36. The van der Waals surface area contributed by atoms with Crippen molar-refractivity contribution in [3.05, 3.63) is 23.7 Å². The van der Waals surface area contributed by atoms with Crippen LogP contribution in [-0.2, 0) is 14.3 Å². The van der Waals surface area contributed by atoms with Crippen LogP contribution in [0.25, 0.3) is 0 Å². The van der Waals surface area contributed by atoms with Crippen molar-refractivity contribution in [3.8, 4) is 0 Å². The Balaban J connectivity index is 0.00000110. The van der Waals surface area contributed by atoms with Gasteiger partial charge in [-0.1, -0.05) is 26.8 Å². The normalized spacial score (nSPS) is 19.1. The van der Waals surface area contributed by atoms with Crippen molar-refractivity contribution in [1.82, 2.24) is 5.32 Å². The first-order valence-electron chi connectivity index (χ1n) is 7.30. The summed E-state index contributed by atoms with van der Waals surface area (Å²) >= 11 is 0. The molecule has 1 aliphatic rings. The lowest BCUT2D eigenvalue weighted by Crippen LogP contribution is -2.31. The minimum atomic E-state index is -0.364. The summed E-state index contributed by atoms with van der Waals surface area (Å²) in [5.74, 6) is 1.24. The molecule has 4 heteroatoms. The summed E-state index contributed by atoms with van der Waals surface area (Å²) in [6.45, 7) is 13.6. The van der Waals surface area contributed by atoms with Gasteiger partial charge in [0, 0.05) is 12.5 Å². The Morgan fingerprint density at radius 1 is 1.35 bits per heavy atom. The summed E-state index contributed by atoms with van der Waals surface area (Å²) < 4.78 is 10.3. The van der Waals surface area contributed by atoms with Crippen LogP contribution in [0.4, 0.5) is 0 Å². The van der Waals surface area contributed by atoms with E-state index in [1.807, 2.05) is 0 Å². The van der Waals surface area contributed by atoms with Crippen molar-refractivity contribution in [2.45, 2.75) is 47.0 Å². The van der Waals surface area contributed by atoms with Gasteiger partial charge in [0.25, 0.3) is 0 Å². The van der Waals surface area contributed by atoms with Gasteiger partial charge in [-0.3, -0.25) is 0 Å². The van der Waals surface area contributed by atoms with Crippen molar-refractivity contribution < 1.29 is 14.3 Å². The van der Waals surface area contributed by atoms with Gasteiger partial charge in [0.05, 0.1) is 12.7 Å². The van der Waals surface area contributed by atoms with E-state index in [0.29, 0.717) is 17.3 Å². The molecule has 1 heterocycles. The van der Waals surface area contributed by atoms with Crippen LogP contribution in [0, 0.1) is 5.92 Å². The molecule has 1 aliphatic heterocycles. The fraction of sp³-hybridized carbons (Fsp3) is 0.688. The number of carbonyl (C=O) groups is 1. The highest BCUT2D eigenvalue weighted by Crippen LogP contribution is 2.22. The summed E-state index contributed by atoms with van der Waals surface area (Å²) in [5, 5.41) is 3.30. The zero-order valence-corrected chi connectivity index (χ0v) is 13.5. The number of piperidine rings is 1. The van der Waals surface area contributed by atoms with Gasteiger partial charge in [-0.25, -0.2) is 4.79 Å². The molecule has 0 aromatic rings. The molecule has 0 aromatic heterocycles. The van der Waals surface area contributed by atoms with Crippen LogP contribution in [0.1, 0.15) is 47.0 Å². The van der Waals surface area contributed by atoms with Gasteiger partial charge >= 0.3 is 5.97 Å². The number of allylic oxidation sites excluding steroid dienone is 1. The van der Waals surface area contributed by atoms with Crippen LogP contribution in [-0.4, -0.2) is 26.2 Å². The fourth-order valence-electron chi connectivity index (χ4n) is 1.78. The van der Waals surface area contributed by atoms with Crippen LogP contribution < -0.4 is 5.32 Å². The molecule has 116 valence electrons. The Morgan fingerprint density at radius 3 is 2.40 bits per heavy atom. The highest BCUT2D eigenvalue weighted by Gasteiger charge is 2.19. The molecule has 1 unspecified atom stereocenters. The standard InChI is InChI=1S/C13H21NO3.C3H8/c1-9(13(15)16-4)10(2)17-11(3)12-6-5-7-14-8-12;1-3-2/h12,14H,3,5-8H2,1-2,4H3;3H2,1-2H3/b10-9+;. The number of rotatable bonds is 4. The smallest absolute Gasteiger partial charge is 0.336 e. The van der Waals surface area contributed by atoms with E-state index in [9.17, 15) is 4.79 Å². The van der Waals surface area contributed by atoms with E-state index in [1.165, 1.54) is 13.5 Å². The maximum absolute atomic E-state index is 11.3. The van der Waals surface area contributed by atoms with Crippen molar-refractivity contribution in [2.75, 3.05) is 20.2 Å². The molecule has 0 spiro atoms. The largest absolute Gasteiger partial charge is 0.466 e. The number of esters is 1. The second-order valence-corrected chi connectivity index (χ2v) is 4.99. The van der Waals surface area contributed by atoms with Gasteiger partial charge in [-0.05, 0) is 33.2 Å². The molecule has 0 saturated carbocycles. The minimum Gasteiger partial charge on any atom is -0.466 e. The lowest BCUT2D eigenvalue weighted by atomic mass is 9.98. The van der Waals surface area contributed by atoms with Gasteiger partial charge in [0.2, 0.25) is 0 Å². The SMILES string of the molecule is C=C(O/C(C)=C(\C)C(=O)OC)C1CCCNC1.CCC. The second kappa shape index (κ2) is 10.5. The molecule has 0 radical (unpaired) electrons. The Hall–Kier alpha value is -1.29. The number of carbonyl (C=O) groups excluding carboxylic acids is 1. The monoisotopic (exact) mass is 283 g/mol. The third-order valence-corrected chi connectivity index (χ3v) is 3.06. The molecule has 0 aliphatic carbocycles. The number of hydrogen-bond donors (Lipinski definition) is 1. The minimum absolute atomic E-state index is 0.323. The number of ether oxygens (including phenoxy) is 2. The van der Waals surface area contributed by atoms with E-state index in [2.05, 4.69) is 30.5 Å². The fourth-order valence-corrected chi connectivity index (χ4v) is 1.78. The van der Waals surface area contributed by atoms with Crippen LogP contribution >= 0.6 is 0 Å². The van der Waals surface area contributed by atoms with Crippen molar-refractivity contribution in [2.24, 2.45) is 5.92 Å². The van der Waals surface area contributed by atoms with Crippen molar-refractivity contribution in [1.29, 1.82) is 0 Å². The van der Waals surface area contributed by atoms with E-state index in [0.717, 1.165) is 31.7 Å². The molecule has 4 nitrogen and oxygen atoms in total. The van der Waals surface area contributed by atoms with Gasteiger partial charge in [-0.15, -0.1) is 0 Å². The molecule has 1 atom stereocenters. The molecule has 1 rings (SSSR count). The molecule has 1 saturated heterocycles. The topological polar surface area (TPSA) is 47.6 Å². The molecule has 0 aromatic carbocycles. The van der Waals surface area contributed by atoms with E-state index in [1.54, 1.807) is 13.8 Å². The van der Waals surface area contributed by atoms with Crippen LogP contribution in [0.3, 0.4) is 0 Å². The molecule has 0 bridgehead atoms. The molecule has 1 N–H and O–H groups in total. The quantitative estimate of drug-likeness (QED) is 0.488. The van der Waals surface area contributed by atoms with Gasteiger partial charge in [0.1, 0.15) is 11.5 Å². The van der Waals surface area contributed by atoms with E-state index in [4.69, 9.17) is 4.74 Å². The average Bonchev–Trinajstić information content (AvgIpc) is 2.47. The first-order chi connectivity index (χ1) is 9.47. The van der Waals surface area contributed by atoms with Crippen LogP contribution in [0.2, 0.25) is 0 Å². The third kappa shape index (κ3) is 6.75. The summed E-state index contributed by atoms with van der Waals surface area (Å²) in [4.78, 5) is 11.3. The Kier molecular flexibility index (Phi) is 9.82. The van der Waals surface area contributed by atoms with Gasteiger partial charge < -0.3 is 14.8 Å². The molecule has 1 fully saturated rings.